The van der Waals surface area contributed by atoms with Crippen molar-refractivity contribution in [3.8, 4) is 0 Å². The van der Waals surface area contributed by atoms with Crippen molar-refractivity contribution in [3.63, 3.8) is 0 Å². The van der Waals surface area contributed by atoms with E-state index in [4.69, 9.17) is 4.74 Å². The van der Waals surface area contributed by atoms with E-state index in [1.54, 1.807) is 6.92 Å². The minimum atomic E-state index is -0.878. The van der Waals surface area contributed by atoms with Crippen molar-refractivity contribution in [2.45, 2.75) is 31.8 Å². The van der Waals surface area contributed by atoms with E-state index in [1.165, 1.54) is 10.8 Å². The number of aliphatic hydroxyl groups is 1. The monoisotopic (exact) mass is 300 g/mol. The first-order valence-electron chi connectivity index (χ1n) is 5.26. The smallest absolute Gasteiger partial charge is 1.00 e. The molecule has 19 heavy (non-hydrogen) atoms. The van der Waals surface area contributed by atoms with Crippen LogP contribution in [0.5, 0.6) is 0 Å². The maximum atomic E-state index is 11.5. The van der Waals surface area contributed by atoms with Crippen LogP contribution in [0.4, 0.5) is 0 Å². The Morgan fingerprint density at radius 3 is 2.74 bits per heavy atom. The second-order valence-corrected chi connectivity index (χ2v) is 4.08. The van der Waals surface area contributed by atoms with E-state index in [2.05, 4.69) is 4.98 Å². The number of H-pyrrole nitrogens is 1. The van der Waals surface area contributed by atoms with E-state index < -0.39 is 36.3 Å². The second kappa shape index (κ2) is 7.41. The van der Waals surface area contributed by atoms with E-state index in [1.807, 2.05) is 0 Å². The van der Waals surface area contributed by atoms with E-state index in [0.29, 0.717) is 5.56 Å². The number of aromatic nitrogens is 2. The number of aryl methyl sites for hydroxylation is 1. The van der Waals surface area contributed by atoms with Gasteiger partial charge in [-0.1, -0.05) is 0 Å². The predicted octanol–water partition coefficient (Wildman–Crippen LogP) is -5.52. The van der Waals surface area contributed by atoms with Crippen LogP contribution in [0.1, 0.15) is 18.2 Å². The van der Waals surface area contributed by atoms with Crippen molar-refractivity contribution in [2.24, 2.45) is 0 Å². The van der Waals surface area contributed by atoms with Crippen LogP contribution in [0.15, 0.2) is 15.8 Å². The Morgan fingerprint density at radius 2 is 2.21 bits per heavy atom. The van der Waals surface area contributed by atoms with Crippen LogP contribution in [0, 0.1) is 6.92 Å². The number of aliphatic hydroxyl groups excluding tert-OH is 1. The Labute approximate surface area is 131 Å². The molecule has 9 heteroatoms. The Hall–Kier alpha value is -0.384. The van der Waals surface area contributed by atoms with Gasteiger partial charge in [-0.25, -0.2) is 4.79 Å². The Morgan fingerprint density at radius 1 is 1.58 bits per heavy atom. The minimum Gasteiger partial charge on any atom is -1.00 e. The molecule has 0 saturated carbocycles. The van der Waals surface area contributed by atoms with Crippen LogP contribution in [-0.2, 0) is 4.74 Å². The van der Waals surface area contributed by atoms with Crippen molar-refractivity contribution in [1.29, 1.82) is 0 Å². The molecule has 0 unspecified atom stereocenters. The molecule has 2 rings (SSSR count). The summed E-state index contributed by atoms with van der Waals surface area (Å²) < 4.78 is 6.45. The van der Waals surface area contributed by atoms with Crippen LogP contribution in [0.3, 0.4) is 0 Å². The third kappa shape index (κ3) is 3.80. The van der Waals surface area contributed by atoms with Gasteiger partial charge in [-0.05, 0) is 6.92 Å². The quantitative estimate of drug-likeness (QED) is 0.530. The summed E-state index contributed by atoms with van der Waals surface area (Å²) in [4.78, 5) is 24.9. The van der Waals surface area contributed by atoms with Crippen molar-refractivity contribution >= 4 is 23.1 Å². The molecule has 0 amide bonds. The molecule has 1 aliphatic rings. The Kier molecular flexibility index (Phi) is 7.26. The zero-order valence-corrected chi connectivity index (χ0v) is 12.5. The van der Waals surface area contributed by atoms with Crippen molar-refractivity contribution in [1.82, 2.24) is 9.55 Å². The van der Waals surface area contributed by atoms with Gasteiger partial charge in [0.25, 0.3) is 5.56 Å². The number of aromatic amines is 1. The number of nitrogens with one attached hydrogen (secondary N) is 1. The molecule has 0 aromatic carbocycles. The molecular formula is C10H13ClMgN2O5. The van der Waals surface area contributed by atoms with Crippen LogP contribution in [0.2, 0.25) is 0 Å². The molecule has 1 aromatic rings. The summed E-state index contributed by atoms with van der Waals surface area (Å²) >= 11 is 0. The van der Waals surface area contributed by atoms with E-state index in [9.17, 15) is 19.8 Å². The average Bonchev–Trinajstić information content (AvgIpc) is 2.65. The summed E-state index contributed by atoms with van der Waals surface area (Å²) in [6, 6.07) is 0. The van der Waals surface area contributed by atoms with Crippen LogP contribution >= 0.6 is 0 Å². The predicted molar refractivity (Wildman–Crippen MR) is 61.2 cm³/mol. The van der Waals surface area contributed by atoms with Gasteiger partial charge < -0.3 is 27.4 Å². The number of ether oxygens (including phenoxy) is 1. The number of halogens is 1. The third-order valence-corrected chi connectivity index (χ3v) is 2.82. The van der Waals surface area contributed by atoms with Crippen LogP contribution < -0.4 is 28.8 Å². The zero-order valence-electron chi connectivity index (χ0n) is 10.3. The molecule has 1 aromatic heterocycles. The number of hydrogen-bond donors (Lipinski definition) is 2. The first kappa shape index (κ1) is 18.6. The SMILES string of the molecule is Cc1cn([C@H]2C[C@H](O)[C@@H](C[O-])O2)c(=O)[nH]c1=O.[Cl-].[Mg+2]. The molecule has 7 nitrogen and oxygen atoms in total. The van der Waals surface area contributed by atoms with Gasteiger partial charge in [0.1, 0.15) is 6.23 Å². The fraction of sp³-hybridized carbons (Fsp3) is 0.600. The Balaban J connectivity index is 0.00000162. The molecule has 0 bridgehead atoms. The maximum absolute atomic E-state index is 11.5. The second-order valence-electron chi connectivity index (χ2n) is 4.08. The van der Waals surface area contributed by atoms with Gasteiger partial charge in [0.05, 0.1) is 12.2 Å². The molecule has 0 spiro atoms. The molecule has 102 valence electrons. The molecule has 1 saturated heterocycles. The van der Waals surface area contributed by atoms with Crippen LogP contribution in [0.25, 0.3) is 0 Å². The molecule has 1 aliphatic heterocycles. The Bertz CT molecular complexity index is 531. The van der Waals surface area contributed by atoms with E-state index in [-0.39, 0.29) is 41.9 Å². The summed E-state index contributed by atoms with van der Waals surface area (Å²) in [5.41, 5.74) is -0.692. The summed E-state index contributed by atoms with van der Waals surface area (Å²) in [6.07, 6.45) is -0.855. The summed E-state index contributed by atoms with van der Waals surface area (Å²) in [6.45, 7) is 1.000. The summed E-state index contributed by atoms with van der Waals surface area (Å²) in [7, 11) is 0. The standard InChI is InChI=1S/C10H13N2O5.ClH.Mg/c1-5-3-12(10(16)11-9(5)15)8-2-6(14)7(4-13)17-8;;/h3,6-8,14H,2,4H2,1H3,(H,11,15,16);1H;/q-1;;+2/p-1/t6-,7+,8+;;/m0../s1. The zero-order chi connectivity index (χ0) is 12.6. The van der Waals surface area contributed by atoms with Gasteiger partial charge in [-0.2, -0.15) is 0 Å². The van der Waals surface area contributed by atoms with Crippen LogP contribution in [-0.4, -0.2) is 56.5 Å². The molecule has 2 N–H and O–H groups in total. The van der Waals surface area contributed by atoms with Gasteiger partial charge in [0.2, 0.25) is 0 Å². The molecular weight excluding hydrogens is 288 g/mol. The van der Waals surface area contributed by atoms with Crippen molar-refractivity contribution in [3.05, 3.63) is 32.6 Å². The first-order valence-corrected chi connectivity index (χ1v) is 5.26. The molecule has 3 atom stereocenters. The topological polar surface area (TPSA) is 107 Å². The average molecular weight is 301 g/mol. The number of hydrogen-bond acceptors (Lipinski definition) is 5. The molecule has 0 radical (unpaired) electrons. The van der Waals surface area contributed by atoms with Gasteiger partial charge in [0, 0.05) is 18.2 Å². The van der Waals surface area contributed by atoms with Gasteiger partial charge in [0.15, 0.2) is 0 Å². The van der Waals surface area contributed by atoms with Crippen molar-refractivity contribution in [2.75, 3.05) is 6.61 Å². The molecule has 0 aliphatic carbocycles. The normalized spacial score (nSPS) is 25.5. The number of nitrogens with zero attached hydrogens (tertiary/aromatic N) is 1. The van der Waals surface area contributed by atoms with E-state index in [0.717, 1.165) is 0 Å². The minimum absolute atomic E-state index is 0. The maximum Gasteiger partial charge on any atom is 2.00 e. The summed E-state index contributed by atoms with van der Waals surface area (Å²) in [5, 5.41) is 20.2. The first-order chi connectivity index (χ1) is 8.02. The number of rotatable bonds is 2. The fourth-order valence-electron chi connectivity index (χ4n) is 1.84. The van der Waals surface area contributed by atoms with Gasteiger partial charge >= 0.3 is 28.7 Å². The largest absolute Gasteiger partial charge is 2.00 e. The van der Waals surface area contributed by atoms with Crippen molar-refractivity contribution < 1.29 is 27.4 Å². The molecule has 1 fully saturated rings. The summed E-state index contributed by atoms with van der Waals surface area (Å²) in [5.74, 6) is 0. The van der Waals surface area contributed by atoms with Gasteiger partial charge in [-0.3, -0.25) is 14.3 Å². The third-order valence-electron chi connectivity index (χ3n) is 2.82. The molecule has 2 heterocycles. The van der Waals surface area contributed by atoms with Gasteiger partial charge in [-0.15, -0.1) is 6.61 Å². The fourth-order valence-corrected chi connectivity index (χ4v) is 1.84. The van der Waals surface area contributed by atoms with E-state index >= 15 is 0 Å².